The molecule has 1 aliphatic rings. The van der Waals surface area contributed by atoms with Crippen LogP contribution in [0.5, 0.6) is 11.5 Å². The summed E-state index contributed by atoms with van der Waals surface area (Å²) in [6.07, 6.45) is 1.50. The molecule has 1 saturated heterocycles. The molecule has 1 aliphatic heterocycles. The van der Waals surface area contributed by atoms with Crippen molar-refractivity contribution in [1.29, 1.82) is 0 Å². The van der Waals surface area contributed by atoms with E-state index in [-0.39, 0.29) is 18.3 Å². The Labute approximate surface area is 164 Å². The van der Waals surface area contributed by atoms with Crippen LogP contribution in [0, 0.1) is 10.1 Å². The monoisotopic (exact) mass is 402 g/mol. The molecule has 0 radical (unpaired) electrons. The molecule has 1 N–H and O–H groups in total. The number of hydrogen-bond acceptors (Lipinski definition) is 7. The molecule has 0 spiro atoms. The first-order valence-electron chi connectivity index (χ1n) is 7.89. The first kappa shape index (κ1) is 18.9. The SMILES string of the molecule is CCOc1cc(/C=C2\SC(=S)N(c3ccccc3)C2=O)cc([N+](=O)[O-])c1O. The molecule has 3 rings (SSSR count). The van der Waals surface area contributed by atoms with E-state index in [2.05, 4.69) is 0 Å². The lowest BCUT2D eigenvalue weighted by Crippen LogP contribution is -2.27. The van der Waals surface area contributed by atoms with Gasteiger partial charge in [-0.25, -0.2) is 0 Å². The predicted molar refractivity (Wildman–Crippen MR) is 108 cm³/mol. The van der Waals surface area contributed by atoms with Crippen molar-refractivity contribution in [2.45, 2.75) is 6.92 Å². The number of nitrogens with zero attached hydrogens (tertiary/aromatic N) is 2. The lowest BCUT2D eigenvalue weighted by atomic mass is 10.1. The van der Waals surface area contributed by atoms with E-state index in [4.69, 9.17) is 17.0 Å². The molecule has 0 unspecified atom stereocenters. The van der Waals surface area contributed by atoms with Crippen LogP contribution in [0.2, 0.25) is 0 Å². The van der Waals surface area contributed by atoms with E-state index >= 15 is 0 Å². The van der Waals surface area contributed by atoms with Crippen molar-refractivity contribution in [3.8, 4) is 11.5 Å². The summed E-state index contributed by atoms with van der Waals surface area (Å²) in [5, 5.41) is 21.2. The number of benzene rings is 2. The van der Waals surface area contributed by atoms with Gasteiger partial charge in [-0.3, -0.25) is 19.8 Å². The van der Waals surface area contributed by atoms with E-state index in [1.54, 1.807) is 31.2 Å². The number of rotatable bonds is 5. The van der Waals surface area contributed by atoms with Gasteiger partial charge in [0, 0.05) is 6.07 Å². The average molecular weight is 402 g/mol. The highest BCUT2D eigenvalue weighted by molar-refractivity contribution is 8.27. The second-order valence-electron chi connectivity index (χ2n) is 5.43. The molecule has 2 aromatic carbocycles. The number of carbonyl (C=O) groups excluding carboxylic acids is 1. The molecule has 0 atom stereocenters. The molecule has 1 fully saturated rings. The zero-order valence-corrected chi connectivity index (χ0v) is 15.8. The average Bonchev–Trinajstić information content (AvgIpc) is 2.91. The molecule has 1 amide bonds. The van der Waals surface area contributed by atoms with Crippen LogP contribution < -0.4 is 9.64 Å². The minimum Gasteiger partial charge on any atom is -0.500 e. The van der Waals surface area contributed by atoms with Crippen LogP contribution in [0.3, 0.4) is 0 Å². The molecule has 0 saturated carbocycles. The highest BCUT2D eigenvalue weighted by Crippen LogP contribution is 2.40. The van der Waals surface area contributed by atoms with E-state index in [1.807, 2.05) is 6.07 Å². The van der Waals surface area contributed by atoms with Gasteiger partial charge in [0.15, 0.2) is 10.1 Å². The van der Waals surface area contributed by atoms with Gasteiger partial charge < -0.3 is 9.84 Å². The summed E-state index contributed by atoms with van der Waals surface area (Å²) in [4.78, 5) is 25.0. The second-order valence-corrected chi connectivity index (χ2v) is 7.11. The number of aromatic hydroxyl groups is 1. The minimum atomic E-state index is -0.704. The Balaban J connectivity index is 2.01. The molecule has 138 valence electrons. The van der Waals surface area contributed by atoms with E-state index in [0.29, 0.717) is 20.5 Å². The third-order valence-corrected chi connectivity index (χ3v) is 4.98. The molecule has 0 bridgehead atoms. The number of thiocarbonyl (C=S) groups is 1. The summed E-state index contributed by atoms with van der Waals surface area (Å²) in [7, 11) is 0. The van der Waals surface area contributed by atoms with E-state index < -0.39 is 16.4 Å². The smallest absolute Gasteiger partial charge is 0.315 e. The molecule has 0 aromatic heterocycles. The quantitative estimate of drug-likeness (QED) is 0.348. The number of hydrogen-bond donors (Lipinski definition) is 1. The maximum absolute atomic E-state index is 12.8. The van der Waals surface area contributed by atoms with Crippen LogP contribution in [0.4, 0.5) is 11.4 Å². The molecule has 0 aliphatic carbocycles. The van der Waals surface area contributed by atoms with Crippen LogP contribution in [0.25, 0.3) is 6.08 Å². The largest absolute Gasteiger partial charge is 0.500 e. The number of amides is 1. The topological polar surface area (TPSA) is 92.9 Å². The van der Waals surface area contributed by atoms with Gasteiger partial charge in [0.05, 0.1) is 22.1 Å². The van der Waals surface area contributed by atoms with E-state index in [1.165, 1.54) is 23.1 Å². The van der Waals surface area contributed by atoms with Gasteiger partial charge in [-0.1, -0.05) is 42.2 Å². The van der Waals surface area contributed by atoms with Crippen molar-refractivity contribution in [2.75, 3.05) is 11.5 Å². The zero-order valence-electron chi connectivity index (χ0n) is 14.1. The van der Waals surface area contributed by atoms with Gasteiger partial charge in [-0.2, -0.15) is 0 Å². The summed E-state index contributed by atoms with van der Waals surface area (Å²) in [5.41, 5.74) is 0.511. The highest BCUT2D eigenvalue weighted by Gasteiger charge is 2.33. The van der Waals surface area contributed by atoms with Crippen molar-refractivity contribution in [3.05, 3.63) is 63.0 Å². The van der Waals surface area contributed by atoms with Crippen LogP contribution in [0.1, 0.15) is 12.5 Å². The Hall–Kier alpha value is -2.91. The van der Waals surface area contributed by atoms with Crippen molar-refractivity contribution < 1.29 is 19.6 Å². The summed E-state index contributed by atoms with van der Waals surface area (Å²) >= 11 is 6.41. The minimum absolute atomic E-state index is 0.0171. The lowest BCUT2D eigenvalue weighted by Gasteiger charge is -2.13. The normalized spacial score (nSPS) is 15.4. The van der Waals surface area contributed by atoms with Crippen molar-refractivity contribution in [2.24, 2.45) is 0 Å². The third kappa shape index (κ3) is 3.79. The number of phenolic OH excluding ortho intramolecular Hbond substituents is 1. The first-order chi connectivity index (χ1) is 12.9. The van der Waals surface area contributed by atoms with Crippen molar-refractivity contribution in [1.82, 2.24) is 0 Å². The number of nitro benzene ring substituents is 1. The predicted octanol–water partition coefficient (Wildman–Crippen LogP) is 4.10. The van der Waals surface area contributed by atoms with Gasteiger partial charge in [-0.15, -0.1) is 0 Å². The Kier molecular flexibility index (Phi) is 5.43. The molecule has 27 heavy (non-hydrogen) atoms. The Morgan fingerprint density at radius 1 is 1.33 bits per heavy atom. The fourth-order valence-corrected chi connectivity index (χ4v) is 3.82. The lowest BCUT2D eigenvalue weighted by molar-refractivity contribution is -0.386. The number of thioether (sulfide) groups is 1. The second kappa shape index (κ2) is 7.77. The van der Waals surface area contributed by atoms with Gasteiger partial charge in [-0.05, 0) is 36.8 Å². The summed E-state index contributed by atoms with van der Waals surface area (Å²) in [6.45, 7) is 1.92. The molecule has 7 nitrogen and oxygen atoms in total. The Morgan fingerprint density at radius 2 is 2.04 bits per heavy atom. The number of phenols is 1. The first-order valence-corrected chi connectivity index (χ1v) is 9.12. The van der Waals surface area contributed by atoms with Crippen LogP contribution in [0.15, 0.2) is 47.4 Å². The zero-order chi connectivity index (χ0) is 19.6. The maximum atomic E-state index is 12.8. The number of para-hydroxylation sites is 1. The Bertz CT molecular complexity index is 960. The third-order valence-electron chi connectivity index (χ3n) is 3.68. The fraction of sp³-hybridized carbons (Fsp3) is 0.111. The number of nitro groups is 1. The number of anilines is 1. The molecule has 2 aromatic rings. The molecular formula is C18H14N2O5S2. The standard InChI is InChI=1S/C18H14N2O5S2/c1-2-25-14-9-11(8-13(16(14)21)20(23)24)10-15-17(22)19(18(26)27-15)12-6-4-3-5-7-12/h3-10,21H,2H2,1H3/b15-10-. The number of ether oxygens (including phenoxy) is 1. The summed E-state index contributed by atoms with van der Waals surface area (Å²) in [6, 6.07) is 11.6. The van der Waals surface area contributed by atoms with E-state index in [0.717, 1.165) is 11.8 Å². The van der Waals surface area contributed by atoms with Gasteiger partial charge >= 0.3 is 5.69 Å². The van der Waals surface area contributed by atoms with Crippen molar-refractivity contribution in [3.63, 3.8) is 0 Å². The highest BCUT2D eigenvalue weighted by atomic mass is 32.2. The van der Waals surface area contributed by atoms with E-state index in [9.17, 15) is 20.0 Å². The summed E-state index contributed by atoms with van der Waals surface area (Å²) in [5.74, 6) is -0.878. The fourth-order valence-electron chi connectivity index (χ4n) is 2.52. The van der Waals surface area contributed by atoms with Gasteiger partial charge in [0.1, 0.15) is 0 Å². The molecule has 1 heterocycles. The van der Waals surface area contributed by atoms with Gasteiger partial charge in [0.25, 0.3) is 5.91 Å². The van der Waals surface area contributed by atoms with Crippen LogP contribution >= 0.6 is 24.0 Å². The van der Waals surface area contributed by atoms with Crippen molar-refractivity contribution >= 4 is 51.7 Å². The maximum Gasteiger partial charge on any atom is 0.315 e. The number of carbonyl (C=O) groups is 1. The molecule has 9 heteroatoms. The van der Waals surface area contributed by atoms with Crippen LogP contribution in [-0.4, -0.2) is 26.9 Å². The van der Waals surface area contributed by atoms with Gasteiger partial charge in [0.2, 0.25) is 5.75 Å². The van der Waals surface area contributed by atoms with Crippen LogP contribution in [-0.2, 0) is 4.79 Å². The molecular weight excluding hydrogens is 388 g/mol. The Morgan fingerprint density at radius 3 is 2.67 bits per heavy atom. The summed E-state index contributed by atoms with van der Waals surface area (Å²) < 4.78 is 5.63.